The van der Waals surface area contributed by atoms with Crippen molar-refractivity contribution in [3.8, 4) is 17.2 Å². The van der Waals surface area contributed by atoms with Crippen LogP contribution in [0.15, 0.2) is 48.1 Å². The van der Waals surface area contributed by atoms with Gasteiger partial charge in [-0.25, -0.2) is 0 Å². The van der Waals surface area contributed by atoms with Crippen molar-refractivity contribution in [3.63, 3.8) is 0 Å². The summed E-state index contributed by atoms with van der Waals surface area (Å²) < 4.78 is 39.7. The van der Waals surface area contributed by atoms with Gasteiger partial charge in [0.25, 0.3) is 0 Å². The lowest BCUT2D eigenvalue weighted by Crippen LogP contribution is -2.46. The van der Waals surface area contributed by atoms with Crippen molar-refractivity contribution in [1.29, 1.82) is 0 Å². The number of hydrogen-bond acceptors (Lipinski definition) is 7. The number of ether oxygens (including phenoxy) is 5. The average molecular weight is 702 g/mol. The molecule has 0 spiro atoms. The summed E-state index contributed by atoms with van der Waals surface area (Å²) in [6, 6.07) is 8.23. The van der Waals surface area contributed by atoms with E-state index in [-0.39, 0.29) is 53.8 Å². The van der Waals surface area contributed by atoms with E-state index in [4.69, 9.17) is 28.1 Å². The van der Waals surface area contributed by atoms with E-state index in [1.165, 1.54) is 0 Å². The maximum Gasteiger partial charge on any atom is 0.192 e. The minimum atomic E-state index is -2.09. The molecular formula is C40H67NO7Si. The lowest BCUT2D eigenvalue weighted by Gasteiger charge is -2.41. The van der Waals surface area contributed by atoms with E-state index in [9.17, 15) is 5.11 Å². The molecule has 49 heavy (non-hydrogen) atoms. The third kappa shape index (κ3) is 10.6. The summed E-state index contributed by atoms with van der Waals surface area (Å²) in [6.45, 7) is 24.2. The molecule has 0 saturated carbocycles. The standard InChI is InChI=1S/C40H67NO7Si/c1-26(18-17-21-42)36(48-49(15,16)40(7,8)9)27(2)22-28(3)38(46-13)35(44-11)23-29(4)37(45-12)33-24-32(43-10)25-34(39(33)47-14)41-30(5)19-20-31(41)6/h17-20,22,24-26,28-29,35-38,42H,21,23H2,1-16H3/b18-17-,27-22+/t26-,28-,29-,35-,36+,37+,38+/m0/s1. The van der Waals surface area contributed by atoms with Gasteiger partial charge < -0.3 is 37.8 Å². The van der Waals surface area contributed by atoms with E-state index < -0.39 is 8.32 Å². The molecule has 0 amide bonds. The number of rotatable bonds is 19. The third-order valence-electron chi connectivity index (χ3n) is 10.4. The van der Waals surface area contributed by atoms with E-state index in [1.54, 1.807) is 41.6 Å². The number of aliphatic hydroxyl groups excluding tert-OH is 1. The van der Waals surface area contributed by atoms with Crippen LogP contribution in [-0.4, -0.2) is 78.5 Å². The van der Waals surface area contributed by atoms with Crippen molar-refractivity contribution < 1.29 is 33.2 Å². The topological polar surface area (TPSA) is 80.5 Å². The van der Waals surface area contributed by atoms with Crippen LogP contribution in [0, 0.1) is 31.6 Å². The van der Waals surface area contributed by atoms with Crippen molar-refractivity contribution >= 4 is 8.32 Å². The molecule has 9 heteroatoms. The summed E-state index contributed by atoms with van der Waals surface area (Å²) in [5.41, 5.74) is 5.19. The quantitative estimate of drug-likeness (QED) is 0.116. The van der Waals surface area contributed by atoms with Gasteiger partial charge >= 0.3 is 0 Å². The van der Waals surface area contributed by atoms with E-state index >= 15 is 0 Å². The number of aliphatic hydroxyl groups is 1. The number of nitrogens with zero attached hydrogens (tertiary/aromatic N) is 1. The Morgan fingerprint density at radius 1 is 0.898 bits per heavy atom. The normalized spacial score (nSPS) is 17.4. The Hall–Kier alpha value is -2.40. The Kier molecular flexibility index (Phi) is 16.3. The van der Waals surface area contributed by atoms with Gasteiger partial charge in [-0.15, -0.1) is 0 Å². The zero-order valence-corrected chi connectivity index (χ0v) is 34.3. The summed E-state index contributed by atoms with van der Waals surface area (Å²) in [7, 11) is 6.55. The fourth-order valence-corrected chi connectivity index (χ4v) is 8.08. The van der Waals surface area contributed by atoms with Crippen LogP contribution in [0.3, 0.4) is 0 Å². The van der Waals surface area contributed by atoms with Gasteiger partial charge in [-0.3, -0.25) is 0 Å². The molecule has 8 nitrogen and oxygen atoms in total. The SMILES string of the molecule is COc1cc([C@H](OC)[C@@H](C)C[C@H](OC)[C@H](OC)[C@@H](C)/C=C(\C)[C@H](O[Si](C)(C)C(C)(C)C)[C@@H](C)/C=C\CO)c(OC)c(-n2c(C)ccc2C)c1. The van der Waals surface area contributed by atoms with Gasteiger partial charge in [0.15, 0.2) is 8.32 Å². The molecule has 1 heterocycles. The monoisotopic (exact) mass is 701 g/mol. The van der Waals surface area contributed by atoms with Crippen LogP contribution in [0.1, 0.15) is 77.9 Å². The Bertz CT molecular complexity index is 1360. The maximum absolute atomic E-state index is 9.48. The molecular weight excluding hydrogens is 635 g/mol. The third-order valence-corrected chi connectivity index (χ3v) is 14.8. The number of aromatic nitrogens is 1. The van der Waals surface area contributed by atoms with Crippen LogP contribution in [0.5, 0.6) is 11.5 Å². The molecule has 0 bridgehead atoms. The van der Waals surface area contributed by atoms with Crippen molar-refractivity contribution in [2.24, 2.45) is 17.8 Å². The molecule has 0 aliphatic rings. The zero-order chi connectivity index (χ0) is 37.3. The average Bonchev–Trinajstić information content (AvgIpc) is 3.38. The second-order valence-electron chi connectivity index (χ2n) is 15.1. The summed E-state index contributed by atoms with van der Waals surface area (Å²) >= 11 is 0. The number of benzene rings is 1. The Labute approximate surface area is 298 Å². The van der Waals surface area contributed by atoms with E-state index in [0.717, 1.165) is 39.7 Å². The highest BCUT2D eigenvalue weighted by Gasteiger charge is 2.41. The molecule has 1 N–H and O–H groups in total. The highest BCUT2D eigenvalue weighted by atomic mass is 28.4. The van der Waals surface area contributed by atoms with Gasteiger partial charge in [-0.2, -0.15) is 0 Å². The zero-order valence-electron chi connectivity index (χ0n) is 33.3. The molecule has 0 saturated heterocycles. The van der Waals surface area contributed by atoms with E-state index in [1.807, 2.05) is 12.1 Å². The lowest BCUT2D eigenvalue weighted by atomic mass is 9.86. The molecule has 7 atom stereocenters. The predicted octanol–water partition coefficient (Wildman–Crippen LogP) is 9.01. The van der Waals surface area contributed by atoms with Crippen molar-refractivity contribution in [2.75, 3.05) is 42.2 Å². The van der Waals surface area contributed by atoms with Crippen LogP contribution < -0.4 is 9.47 Å². The van der Waals surface area contributed by atoms with E-state index in [2.05, 4.69) is 104 Å². The minimum Gasteiger partial charge on any atom is -0.497 e. The van der Waals surface area contributed by atoms with Crippen LogP contribution >= 0.6 is 0 Å². The minimum absolute atomic E-state index is 0.00677. The molecule has 2 aromatic rings. The second kappa shape index (κ2) is 18.7. The van der Waals surface area contributed by atoms with Crippen LogP contribution in [-0.2, 0) is 18.6 Å². The Morgan fingerprint density at radius 2 is 1.51 bits per heavy atom. The summed E-state index contributed by atoms with van der Waals surface area (Å²) in [5.74, 6) is 1.64. The molecule has 0 aliphatic heterocycles. The molecule has 0 radical (unpaired) electrons. The highest BCUT2D eigenvalue weighted by molar-refractivity contribution is 6.74. The van der Waals surface area contributed by atoms with Gasteiger partial charge in [0.2, 0.25) is 0 Å². The fraction of sp³-hybridized carbons (Fsp3) is 0.650. The van der Waals surface area contributed by atoms with Gasteiger partial charge in [-0.05, 0) is 75.0 Å². The Morgan fingerprint density at radius 3 is 1.98 bits per heavy atom. The van der Waals surface area contributed by atoms with Crippen LogP contribution in [0.25, 0.3) is 5.69 Å². The number of methoxy groups -OCH3 is 5. The molecule has 0 fully saturated rings. The van der Waals surface area contributed by atoms with Crippen LogP contribution in [0.4, 0.5) is 0 Å². The Balaban J connectivity index is 2.48. The van der Waals surface area contributed by atoms with Gasteiger partial charge in [0.05, 0.1) is 50.9 Å². The molecule has 2 rings (SSSR count). The number of aryl methyl sites for hydroxylation is 2. The van der Waals surface area contributed by atoms with Crippen molar-refractivity contribution in [2.45, 2.75) is 111 Å². The first kappa shape index (κ1) is 42.8. The molecule has 0 aliphatic carbocycles. The summed E-state index contributed by atoms with van der Waals surface area (Å²) in [4.78, 5) is 0. The first-order valence-electron chi connectivity index (χ1n) is 17.6. The van der Waals surface area contributed by atoms with Crippen molar-refractivity contribution in [3.05, 3.63) is 65.0 Å². The largest absolute Gasteiger partial charge is 0.497 e. The fourth-order valence-electron chi connectivity index (χ4n) is 6.69. The molecule has 278 valence electrons. The predicted molar refractivity (Wildman–Crippen MR) is 204 cm³/mol. The van der Waals surface area contributed by atoms with E-state index in [0.29, 0.717) is 6.42 Å². The van der Waals surface area contributed by atoms with Gasteiger partial charge in [0.1, 0.15) is 11.5 Å². The first-order valence-corrected chi connectivity index (χ1v) is 20.5. The molecule has 1 aromatic heterocycles. The summed E-state index contributed by atoms with van der Waals surface area (Å²) in [5, 5.41) is 9.55. The number of hydrogen-bond donors (Lipinski definition) is 1. The second-order valence-corrected chi connectivity index (χ2v) is 19.9. The smallest absolute Gasteiger partial charge is 0.192 e. The summed E-state index contributed by atoms with van der Waals surface area (Å²) in [6.07, 6.45) is 5.96. The first-order chi connectivity index (χ1) is 22.9. The van der Waals surface area contributed by atoms with Gasteiger partial charge in [-0.1, -0.05) is 59.8 Å². The maximum atomic E-state index is 9.48. The van der Waals surface area contributed by atoms with Crippen LogP contribution in [0.2, 0.25) is 18.1 Å². The highest BCUT2D eigenvalue weighted by Crippen LogP contribution is 2.43. The van der Waals surface area contributed by atoms with Gasteiger partial charge in [0, 0.05) is 56.2 Å². The molecule has 1 aromatic carbocycles. The van der Waals surface area contributed by atoms with Crippen molar-refractivity contribution in [1.82, 2.24) is 4.57 Å². The lowest BCUT2D eigenvalue weighted by molar-refractivity contribution is -0.0723. The molecule has 0 unspecified atom stereocenters.